The number of amides is 1. The van der Waals surface area contributed by atoms with Crippen LogP contribution in [-0.2, 0) is 14.8 Å². The van der Waals surface area contributed by atoms with Crippen LogP contribution < -0.4 is 5.32 Å². The zero-order valence-electron chi connectivity index (χ0n) is 12.8. The molecule has 1 atom stereocenters. The van der Waals surface area contributed by atoms with E-state index in [0.29, 0.717) is 18.7 Å². The Morgan fingerprint density at radius 3 is 2.79 bits per heavy atom. The minimum absolute atomic E-state index is 0.282. The van der Waals surface area contributed by atoms with Crippen LogP contribution >= 0.6 is 27.3 Å². The first-order valence-electron chi connectivity index (χ1n) is 7.60. The lowest BCUT2D eigenvalue weighted by molar-refractivity contribution is -0.120. The van der Waals surface area contributed by atoms with Crippen LogP contribution in [0.15, 0.2) is 50.5 Å². The van der Waals surface area contributed by atoms with E-state index < -0.39 is 16.1 Å². The molecule has 0 spiro atoms. The SMILES string of the molecule is O=C(Nc1cccc(Br)c1)C1CCCCN1S(=O)(=O)c1cccs1. The van der Waals surface area contributed by atoms with Crippen molar-refractivity contribution in [3.05, 3.63) is 46.3 Å². The number of nitrogens with zero attached hydrogens (tertiary/aromatic N) is 1. The van der Waals surface area contributed by atoms with Gasteiger partial charge in [-0.2, -0.15) is 4.31 Å². The fourth-order valence-corrected chi connectivity index (χ4v) is 5.95. The Bertz CT molecular complexity index is 822. The Labute approximate surface area is 153 Å². The number of hydrogen-bond acceptors (Lipinski definition) is 4. The number of halogens is 1. The molecule has 1 aromatic heterocycles. The van der Waals surface area contributed by atoms with Gasteiger partial charge in [0.2, 0.25) is 5.91 Å². The Kier molecular flexibility index (Phi) is 5.39. The summed E-state index contributed by atoms with van der Waals surface area (Å²) in [6.45, 7) is 0.372. The number of rotatable bonds is 4. The van der Waals surface area contributed by atoms with Crippen LogP contribution in [-0.4, -0.2) is 31.2 Å². The van der Waals surface area contributed by atoms with Crippen LogP contribution in [0.2, 0.25) is 0 Å². The minimum atomic E-state index is -3.63. The smallest absolute Gasteiger partial charge is 0.253 e. The monoisotopic (exact) mass is 428 g/mol. The minimum Gasteiger partial charge on any atom is -0.325 e. The number of sulfonamides is 1. The maximum Gasteiger partial charge on any atom is 0.253 e. The van der Waals surface area contributed by atoms with Gasteiger partial charge in [-0.1, -0.05) is 34.5 Å². The van der Waals surface area contributed by atoms with Gasteiger partial charge in [0.25, 0.3) is 10.0 Å². The second-order valence-electron chi connectivity index (χ2n) is 5.56. The number of carbonyl (C=O) groups excluding carboxylic acids is 1. The predicted molar refractivity (Wildman–Crippen MR) is 98.6 cm³/mol. The molecule has 2 heterocycles. The molecule has 3 rings (SSSR count). The van der Waals surface area contributed by atoms with E-state index in [1.54, 1.807) is 29.6 Å². The van der Waals surface area contributed by atoms with Gasteiger partial charge in [0.15, 0.2) is 0 Å². The fraction of sp³-hybridized carbons (Fsp3) is 0.312. The van der Waals surface area contributed by atoms with E-state index >= 15 is 0 Å². The summed E-state index contributed by atoms with van der Waals surface area (Å²) >= 11 is 4.54. The molecular weight excluding hydrogens is 412 g/mol. The zero-order valence-corrected chi connectivity index (χ0v) is 16.0. The van der Waals surface area contributed by atoms with Crippen molar-refractivity contribution >= 4 is 48.9 Å². The Morgan fingerprint density at radius 2 is 2.08 bits per heavy atom. The lowest BCUT2D eigenvalue weighted by atomic mass is 10.0. The van der Waals surface area contributed by atoms with Gasteiger partial charge in [-0.25, -0.2) is 8.42 Å². The third kappa shape index (κ3) is 3.72. The summed E-state index contributed by atoms with van der Waals surface area (Å²) in [5.41, 5.74) is 0.647. The number of hydrogen-bond donors (Lipinski definition) is 1. The highest BCUT2D eigenvalue weighted by Crippen LogP contribution is 2.28. The van der Waals surface area contributed by atoms with Crippen LogP contribution in [0.1, 0.15) is 19.3 Å². The van der Waals surface area contributed by atoms with Crippen molar-refractivity contribution in [2.24, 2.45) is 0 Å². The first kappa shape index (κ1) is 17.6. The molecule has 1 amide bonds. The van der Waals surface area contributed by atoms with E-state index in [9.17, 15) is 13.2 Å². The van der Waals surface area contributed by atoms with Gasteiger partial charge in [-0.15, -0.1) is 11.3 Å². The standard InChI is InChI=1S/C16H17BrN2O3S2/c17-12-5-3-6-13(11-12)18-16(20)14-7-1-2-9-19(14)24(21,22)15-8-4-10-23-15/h3-6,8,10-11,14H,1-2,7,9H2,(H,18,20). The first-order valence-corrected chi connectivity index (χ1v) is 10.7. The van der Waals surface area contributed by atoms with E-state index in [2.05, 4.69) is 21.2 Å². The molecule has 2 aromatic rings. The van der Waals surface area contributed by atoms with Crippen LogP contribution in [0.3, 0.4) is 0 Å². The molecule has 0 aliphatic carbocycles. The quantitative estimate of drug-likeness (QED) is 0.806. The van der Waals surface area contributed by atoms with Gasteiger partial charge >= 0.3 is 0 Å². The van der Waals surface area contributed by atoms with Gasteiger partial charge in [-0.05, 0) is 42.5 Å². The zero-order chi connectivity index (χ0) is 17.2. The Morgan fingerprint density at radius 1 is 1.25 bits per heavy atom. The molecular formula is C16H17BrN2O3S2. The molecule has 0 radical (unpaired) electrons. The highest BCUT2D eigenvalue weighted by atomic mass is 79.9. The van der Waals surface area contributed by atoms with Gasteiger partial charge in [0.05, 0.1) is 0 Å². The molecule has 5 nitrogen and oxygen atoms in total. The third-order valence-electron chi connectivity index (χ3n) is 3.91. The molecule has 8 heteroatoms. The van der Waals surface area contributed by atoms with Gasteiger partial charge < -0.3 is 5.32 Å². The summed E-state index contributed by atoms with van der Waals surface area (Å²) in [5, 5.41) is 4.56. The molecule has 24 heavy (non-hydrogen) atoms. The molecule has 1 fully saturated rings. The summed E-state index contributed by atoms with van der Waals surface area (Å²) in [6.07, 6.45) is 2.14. The van der Waals surface area contributed by atoms with Crippen molar-refractivity contribution in [2.45, 2.75) is 29.5 Å². The van der Waals surface area contributed by atoms with Crippen LogP contribution in [0, 0.1) is 0 Å². The number of thiophene rings is 1. The summed E-state index contributed by atoms with van der Waals surface area (Å²) in [4.78, 5) is 12.7. The van der Waals surface area contributed by atoms with Crippen molar-refractivity contribution < 1.29 is 13.2 Å². The van der Waals surface area contributed by atoms with Gasteiger partial charge in [0.1, 0.15) is 10.3 Å². The Balaban J connectivity index is 1.83. The predicted octanol–water partition coefficient (Wildman–Crippen LogP) is 3.69. The van der Waals surface area contributed by atoms with Crippen LogP contribution in [0.4, 0.5) is 5.69 Å². The summed E-state index contributed by atoms with van der Waals surface area (Å²) in [5.74, 6) is -0.284. The molecule has 1 unspecified atom stereocenters. The van der Waals surface area contributed by atoms with Crippen LogP contribution in [0.25, 0.3) is 0 Å². The fourth-order valence-electron chi connectivity index (χ4n) is 2.77. The number of nitrogens with one attached hydrogen (secondary N) is 1. The number of anilines is 1. The van der Waals surface area contributed by atoms with E-state index in [1.165, 1.54) is 15.6 Å². The lowest BCUT2D eigenvalue weighted by Crippen LogP contribution is -2.49. The molecule has 1 saturated heterocycles. The van der Waals surface area contributed by atoms with Crippen molar-refractivity contribution in [3.8, 4) is 0 Å². The van der Waals surface area contributed by atoms with Crippen molar-refractivity contribution in [2.75, 3.05) is 11.9 Å². The molecule has 0 bridgehead atoms. The highest BCUT2D eigenvalue weighted by Gasteiger charge is 2.38. The second kappa shape index (κ2) is 7.35. The average Bonchev–Trinajstić information content (AvgIpc) is 3.10. The molecule has 1 N–H and O–H groups in total. The molecule has 128 valence electrons. The van der Waals surface area contributed by atoms with E-state index in [0.717, 1.165) is 17.3 Å². The summed E-state index contributed by atoms with van der Waals surface area (Å²) < 4.78 is 28.1. The number of benzene rings is 1. The van der Waals surface area contributed by atoms with Gasteiger partial charge in [-0.3, -0.25) is 4.79 Å². The molecule has 1 aliphatic rings. The normalized spacial score (nSPS) is 19.1. The van der Waals surface area contributed by atoms with Gasteiger partial charge in [0, 0.05) is 16.7 Å². The largest absolute Gasteiger partial charge is 0.325 e. The Hall–Kier alpha value is -1.22. The second-order valence-corrected chi connectivity index (χ2v) is 9.54. The molecule has 1 aromatic carbocycles. The number of carbonyl (C=O) groups is 1. The number of piperidine rings is 1. The van der Waals surface area contributed by atoms with E-state index in [1.807, 2.05) is 12.1 Å². The first-order chi connectivity index (χ1) is 11.5. The molecule has 1 aliphatic heterocycles. The average molecular weight is 429 g/mol. The maximum atomic E-state index is 12.8. The molecule has 0 saturated carbocycles. The highest BCUT2D eigenvalue weighted by molar-refractivity contribution is 9.10. The van der Waals surface area contributed by atoms with Crippen molar-refractivity contribution in [1.29, 1.82) is 0 Å². The van der Waals surface area contributed by atoms with Crippen molar-refractivity contribution in [3.63, 3.8) is 0 Å². The van der Waals surface area contributed by atoms with E-state index in [4.69, 9.17) is 0 Å². The summed E-state index contributed by atoms with van der Waals surface area (Å²) in [6, 6.07) is 9.87. The van der Waals surface area contributed by atoms with E-state index in [-0.39, 0.29) is 10.1 Å². The summed E-state index contributed by atoms with van der Waals surface area (Å²) in [7, 11) is -3.63. The third-order valence-corrected chi connectivity index (χ3v) is 7.68. The maximum absolute atomic E-state index is 12.8. The topological polar surface area (TPSA) is 66.5 Å². The lowest BCUT2D eigenvalue weighted by Gasteiger charge is -2.33. The van der Waals surface area contributed by atoms with Crippen molar-refractivity contribution in [1.82, 2.24) is 4.31 Å². The van der Waals surface area contributed by atoms with Crippen LogP contribution in [0.5, 0.6) is 0 Å².